The highest BCUT2D eigenvalue weighted by Gasteiger charge is 2.41. The number of ether oxygens (including phenoxy) is 1. The van der Waals surface area contributed by atoms with Crippen molar-refractivity contribution < 1.29 is 14.6 Å². The third kappa shape index (κ3) is 4.49. The fourth-order valence-electron chi connectivity index (χ4n) is 3.83. The number of benzene rings is 1. The minimum absolute atomic E-state index is 0.157. The number of carbonyl (C=O) groups is 1. The van der Waals surface area contributed by atoms with Gasteiger partial charge in [-0.1, -0.05) is 29.3 Å². The average molecular weight is 421 g/mol. The molecule has 0 aliphatic heterocycles. The Balaban J connectivity index is 1.92. The van der Waals surface area contributed by atoms with Crippen LogP contribution in [0.5, 0.6) is 5.88 Å². The topological polar surface area (TPSA) is 71.5 Å². The summed E-state index contributed by atoms with van der Waals surface area (Å²) in [5, 5.41) is 14.1. The van der Waals surface area contributed by atoms with E-state index in [1.54, 1.807) is 37.6 Å². The number of aliphatic hydroxyl groups is 1. The van der Waals surface area contributed by atoms with Crippen LogP contribution in [0.2, 0.25) is 10.0 Å². The molecule has 4 atom stereocenters. The molecule has 1 fully saturated rings. The Kier molecular flexibility index (Phi) is 6.60. The maximum Gasteiger partial charge on any atom is 0.228 e. The van der Waals surface area contributed by atoms with Crippen LogP contribution in [0.25, 0.3) is 0 Å². The predicted octanol–water partition coefficient (Wildman–Crippen LogP) is 4.69. The second kappa shape index (κ2) is 8.95. The number of carbonyl (C=O) groups excluding carboxylic acids is 1. The summed E-state index contributed by atoms with van der Waals surface area (Å²) in [7, 11) is 1.54. The van der Waals surface area contributed by atoms with E-state index in [0.717, 1.165) is 5.56 Å². The summed E-state index contributed by atoms with van der Waals surface area (Å²) in [5.74, 6) is -0.461. The van der Waals surface area contributed by atoms with Crippen molar-refractivity contribution in [3.63, 3.8) is 0 Å². The van der Waals surface area contributed by atoms with Gasteiger partial charge in [0.15, 0.2) is 0 Å². The molecule has 1 amide bonds. The maximum atomic E-state index is 13.2. The van der Waals surface area contributed by atoms with Gasteiger partial charge in [-0.05, 0) is 54.5 Å². The lowest BCUT2D eigenvalue weighted by Crippen LogP contribution is -2.40. The van der Waals surface area contributed by atoms with Gasteiger partial charge >= 0.3 is 0 Å². The van der Waals surface area contributed by atoms with E-state index < -0.39 is 12.0 Å². The van der Waals surface area contributed by atoms with Crippen molar-refractivity contribution in [1.82, 2.24) is 4.98 Å². The Morgan fingerprint density at radius 3 is 2.75 bits per heavy atom. The number of hydrogen-bond acceptors (Lipinski definition) is 4. The van der Waals surface area contributed by atoms with Crippen LogP contribution in [0.3, 0.4) is 0 Å². The van der Waals surface area contributed by atoms with E-state index in [1.165, 1.54) is 0 Å². The van der Waals surface area contributed by atoms with Crippen molar-refractivity contribution in [3.05, 3.63) is 64.8 Å². The van der Waals surface area contributed by atoms with Crippen LogP contribution in [0, 0.1) is 11.8 Å². The molecule has 0 spiro atoms. The van der Waals surface area contributed by atoms with Crippen molar-refractivity contribution in [1.29, 1.82) is 0 Å². The molecule has 0 saturated heterocycles. The summed E-state index contributed by atoms with van der Waals surface area (Å²) < 4.78 is 5.22. The second-order valence-electron chi connectivity index (χ2n) is 6.91. The van der Waals surface area contributed by atoms with Crippen LogP contribution in [0.15, 0.2) is 49.2 Å². The first-order valence-corrected chi connectivity index (χ1v) is 9.75. The quantitative estimate of drug-likeness (QED) is 0.687. The van der Waals surface area contributed by atoms with Gasteiger partial charge in [0.1, 0.15) is 0 Å². The molecule has 148 valence electrons. The second-order valence-corrected chi connectivity index (χ2v) is 7.72. The first-order chi connectivity index (χ1) is 13.4. The highest BCUT2D eigenvalue weighted by Crippen LogP contribution is 2.43. The molecule has 3 rings (SSSR count). The van der Waals surface area contributed by atoms with Gasteiger partial charge in [0.05, 0.1) is 29.2 Å². The van der Waals surface area contributed by atoms with Gasteiger partial charge in [0.2, 0.25) is 11.8 Å². The fourth-order valence-corrected chi connectivity index (χ4v) is 4.12. The van der Waals surface area contributed by atoms with E-state index in [4.69, 9.17) is 27.9 Å². The van der Waals surface area contributed by atoms with E-state index in [9.17, 15) is 9.90 Å². The zero-order chi connectivity index (χ0) is 20.3. The first-order valence-electron chi connectivity index (χ1n) is 8.99. The van der Waals surface area contributed by atoms with E-state index in [1.807, 2.05) is 12.1 Å². The van der Waals surface area contributed by atoms with E-state index in [0.29, 0.717) is 34.5 Å². The molecular weight excluding hydrogens is 399 g/mol. The number of allylic oxidation sites excluding steroid dienone is 1. The Bertz CT molecular complexity index is 874. The monoisotopic (exact) mass is 420 g/mol. The fraction of sp³-hybridized carbons (Fsp3) is 0.333. The van der Waals surface area contributed by atoms with Gasteiger partial charge in [0.25, 0.3) is 0 Å². The summed E-state index contributed by atoms with van der Waals surface area (Å²) in [6.07, 6.45) is 3.83. The first kappa shape index (κ1) is 20.6. The molecule has 5 nitrogen and oxygen atoms in total. The number of nitrogens with one attached hydrogen (secondary N) is 1. The number of pyridine rings is 1. The van der Waals surface area contributed by atoms with Crippen LogP contribution in [-0.2, 0) is 4.79 Å². The average Bonchev–Trinajstić information content (AvgIpc) is 2.69. The number of hydrogen-bond donors (Lipinski definition) is 2. The molecule has 1 aliphatic rings. The Morgan fingerprint density at radius 2 is 2.07 bits per heavy atom. The van der Waals surface area contributed by atoms with E-state index in [2.05, 4.69) is 16.9 Å². The molecule has 0 bridgehead atoms. The summed E-state index contributed by atoms with van der Waals surface area (Å²) in [6, 6.07) is 8.62. The van der Waals surface area contributed by atoms with Gasteiger partial charge < -0.3 is 15.2 Å². The third-order valence-electron chi connectivity index (χ3n) is 5.15. The molecule has 1 heterocycles. The van der Waals surface area contributed by atoms with Crippen LogP contribution in [0.1, 0.15) is 24.3 Å². The Hall–Kier alpha value is -2.08. The number of methoxy groups -OCH3 is 1. The molecule has 1 aromatic heterocycles. The molecule has 1 aliphatic carbocycles. The van der Waals surface area contributed by atoms with Crippen LogP contribution in [-0.4, -0.2) is 29.2 Å². The molecule has 7 heteroatoms. The number of rotatable bonds is 5. The SMILES string of the molecule is C=C[C@H]1C[C@@H](O)C[C@@H](c2ccnc(OC)c2)[C@H]1C(=O)Nc1ccc(Cl)c(Cl)c1. The normalized spacial score (nSPS) is 24.4. The van der Waals surface area contributed by atoms with Gasteiger partial charge in [0, 0.05) is 18.0 Å². The van der Waals surface area contributed by atoms with Gasteiger partial charge in [-0.25, -0.2) is 4.98 Å². The van der Waals surface area contributed by atoms with Gasteiger partial charge in [-0.3, -0.25) is 4.79 Å². The lowest BCUT2D eigenvalue weighted by atomic mass is 9.68. The maximum absolute atomic E-state index is 13.2. The van der Waals surface area contributed by atoms with Crippen molar-refractivity contribution in [2.45, 2.75) is 24.9 Å². The number of aliphatic hydroxyl groups excluding tert-OH is 1. The van der Waals surface area contributed by atoms with Crippen molar-refractivity contribution in [2.24, 2.45) is 11.8 Å². The molecule has 1 aromatic carbocycles. The number of halogens is 2. The minimum Gasteiger partial charge on any atom is -0.481 e. The zero-order valence-electron chi connectivity index (χ0n) is 15.4. The molecule has 2 aromatic rings. The molecule has 2 N–H and O–H groups in total. The minimum atomic E-state index is -0.513. The summed E-state index contributed by atoms with van der Waals surface area (Å²) in [6.45, 7) is 3.88. The highest BCUT2D eigenvalue weighted by atomic mass is 35.5. The Labute approximate surface area is 174 Å². The summed E-state index contributed by atoms with van der Waals surface area (Å²) in [5.41, 5.74) is 1.46. The van der Waals surface area contributed by atoms with E-state index >= 15 is 0 Å². The molecule has 0 unspecified atom stereocenters. The lowest BCUT2D eigenvalue weighted by molar-refractivity contribution is -0.123. The summed E-state index contributed by atoms with van der Waals surface area (Å²) in [4.78, 5) is 17.3. The smallest absolute Gasteiger partial charge is 0.228 e. The Morgan fingerprint density at radius 1 is 1.29 bits per heavy atom. The number of anilines is 1. The van der Waals surface area contributed by atoms with Gasteiger partial charge in [-0.15, -0.1) is 6.58 Å². The van der Waals surface area contributed by atoms with Crippen LogP contribution >= 0.6 is 23.2 Å². The number of aromatic nitrogens is 1. The standard InChI is InChI=1S/C21H22Cl2N2O3/c1-3-12-8-15(26)11-16(13-6-7-24-19(9-13)28-2)20(12)21(27)25-14-4-5-17(22)18(23)10-14/h3-7,9-10,12,15-16,20,26H,1,8,11H2,2H3,(H,25,27)/t12-,15+,16-,20-/m0/s1. The lowest BCUT2D eigenvalue weighted by Gasteiger charge is -2.38. The van der Waals surface area contributed by atoms with Crippen molar-refractivity contribution in [2.75, 3.05) is 12.4 Å². The number of amides is 1. The third-order valence-corrected chi connectivity index (χ3v) is 5.89. The zero-order valence-corrected chi connectivity index (χ0v) is 17.0. The highest BCUT2D eigenvalue weighted by molar-refractivity contribution is 6.42. The number of nitrogens with zero attached hydrogens (tertiary/aromatic N) is 1. The predicted molar refractivity (Wildman–Crippen MR) is 111 cm³/mol. The van der Waals surface area contributed by atoms with Gasteiger partial charge in [-0.2, -0.15) is 0 Å². The van der Waals surface area contributed by atoms with Crippen molar-refractivity contribution in [3.8, 4) is 5.88 Å². The van der Waals surface area contributed by atoms with Crippen LogP contribution in [0.4, 0.5) is 5.69 Å². The molecule has 0 radical (unpaired) electrons. The molecule has 28 heavy (non-hydrogen) atoms. The largest absolute Gasteiger partial charge is 0.481 e. The molecule has 1 saturated carbocycles. The van der Waals surface area contributed by atoms with Crippen molar-refractivity contribution >= 4 is 34.8 Å². The van der Waals surface area contributed by atoms with Crippen LogP contribution < -0.4 is 10.1 Å². The summed E-state index contributed by atoms with van der Waals surface area (Å²) >= 11 is 12.0. The molecular formula is C21H22Cl2N2O3. The van der Waals surface area contributed by atoms with E-state index in [-0.39, 0.29) is 17.7 Å².